The topological polar surface area (TPSA) is 63.2 Å². The molecule has 1 saturated carbocycles. The molecular weight excluding hydrogens is 336 g/mol. The van der Waals surface area contributed by atoms with Crippen LogP contribution < -0.4 is 0 Å². The summed E-state index contributed by atoms with van der Waals surface area (Å²) in [6.45, 7) is 8.56. The van der Waals surface area contributed by atoms with Crippen LogP contribution in [-0.4, -0.2) is 36.4 Å². The molecule has 148 valence electrons. The van der Waals surface area contributed by atoms with Crippen molar-refractivity contribution in [1.82, 2.24) is 0 Å². The number of hydrogen-bond donors (Lipinski definition) is 0. The van der Waals surface area contributed by atoms with E-state index in [9.17, 15) is 4.79 Å². The van der Waals surface area contributed by atoms with Gasteiger partial charge in [0.05, 0.1) is 6.61 Å². The molecule has 5 aliphatic rings. The number of carbonyl (C=O) groups is 1. The van der Waals surface area contributed by atoms with Gasteiger partial charge in [0.25, 0.3) is 0 Å². The molecule has 1 spiro atoms. The van der Waals surface area contributed by atoms with E-state index in [4.69, 9.17) is 24.0 Å². The van der Waals surface area contributed by atoms with Crippen LogP contribution in [0, 0.1) is 23.7 Å². The third-order valence-electron chi connectivity index (χ3n) is 7.05. The molecule has 0 aromatic heterocycles. The highest BCUT2D eigenvalue weighted by Gasteiger charge is 2.69. The third kappa shape index (κ3) is 2.94. The lowest BCUT2D eigenvalue weighted by atomic mass is 9.58. The summed E-state index contributed by atoms with van der Waals surface area (Å²) in [7, 11) is 0. The Kier molecular flexibility index (Phi) is 4.93. The summed E-state index contributed by atoms with van der Waals surface area (Å²) in [5.74, 6) is 0.840. The molecule has 1 aliphatic carbocycles. The van der Waals surface area contributed by atoms with Crippen LogP contribution in [0.4, 0.5) is 0 Å². The fourth-order valence-electron chi connectivity index (χ4n) is 5.58. The fraction of sp³-hybridized carbons (Fsp3) is 0.950. The van der Waals surface area contributed by atoms with Gasteiger partial charge < -0.3 is 19.0 Å². The van der Waals surface area contributed by atoms with Crippen molar-refractivity contribution in [3.8, 4) is 0 Å². The highest BCUT2D eigenvalue weighted by atomic mass is 17.3. The Labute approximate surface area is 155 Å². The average molecular weight is 368 g/mol. The van der Waals surface area contributed by atoms with Gasteiger partial charge in [-0.3, -0.25) is 0 Å². The SMILES string of the molecule is CC(=O)CCCO[C@H]1O[C@@H]2OC3(C)CC[C@H]4[C@H](C)CC[C@@H]([C@H]1C)C24OO3. The van der Waals surface area contributed by atoms with Gasteiger partial charge in [0, 0.05) is 24.7 Å². The van der Waals surface area contributed by atoms with Crippen LogP contribution in [0.1, 0.15) is 66.2 Å². The van der Waals surface area contributed by atoms with Gasteiger partial charge >= 0.3 is 0 Å². The largest absolute Gasteiger partial charge is 0.352 e. The van der Waals surface area contributed by atoms with Gasteiger partial charge in [-0.15, -0.1) is 0 Å². The van der Waals surface area contributed by atoms with Gasteiger partial charge in [-0.1, -0.05) is 13.8 Å². The van der Waals surface area contributed by atoms with Crippen molar-refractivity contribution < 1.29 is 28.8 Å². The lowest BCUT2D eigenvalue weighted by Crippen LogP contribution is -2.70. The number of rotatable bonds is 5. The van der Waals surface area contributed by atoms with Crippen LogP contribution in [0.25, 0.3) is 0 Å². The minimum atomic E-state index is -0.753. The van der Waals surface area contributed by atoms with Crippen LogP contribution in [0.15, 0.2) is 0 Å². The Bertz CT molecular complexity index is 552. The minimum Gasteiger partial charge on any atom is -0.352 e. The molecule has 4 heterocycles. The second-order valence-electron chi connectivity index (χ2n) is 8.95. The van der Waals surface area contributed by atoms with Gasteiger partial charge in [0.15, 0.2) is 18.2 Å². The zero-order valence-electron chi connectivity index (χ0n) is 16.4. The molecular formula is C20H32O6. The Morgan fingerprint density at radius 3 is 2.73 bits per heavy atom. The quantitative estimate of drug-likeness (QED) is 0.546. The van der Waals surface area contributed by atoms with Crippen molar-refractivity contribution in [3.05, 3.63) is 0 Å². The zero-order valence-corrected chi connectivity index (χ0v) is 16.4. The molecule has 8 atom stereocenters. The lowest BCUT2D eigenvalue weighted by molar-refractivity contribution is -0.577. The highest BCUT2D eigenvalue weighted by molar-refractivity contribution is 5.75. The summed E-state index contributed by atoms with van der Waals surface area (Å²) in [6.07, 6.45) is 4.57. The maximum atomic E-state index is 11.1. The predicted octanol–water partition coefficient (Wildman–Crippen LogP) is 3.58. The van der Waals surface area contributed by atoms with Crippen LogP contribution in [0.3, 0.4) is 0 Å². The second-order valence-corrected chi connectivity index (χ2v) is 8.95. The number of Topliss-reactive ketones (excluding diaryl/α,β-unsaturated/α-hetero) is 1. The van der Waals surface area contributed by atoms with Gasteiger partial charge in [-0.2, -0.15) is 0 Å². The summed E-state index contributed by atoms with van der Waals surface area (Å²) in [5.41, 5.74) is -0.535. The monoisotopic (exact) mass is 368 g/mol. The summed E-state index contributed by atoms with van der Waals surface area (Å²) in [5, 5.41) is 0. The molecule has 4 aliphatic heterocycles. The second kappa shape index (κ2) is 6.82. The van der Waals surface area contributed by atoms with E-state index in [-0.39, 0.29) is 23.9 Å². The molecule has 4 saturated heterocycles. The highest BCUT2D eigenvalue weighted by Crippen LogP contribution is 2.60. The van der Waals surface area contributed by atoms with Gasteiger partial charge in [-0.05, 0) is 51.4 Å². The first-order chi connectivity index (χ1) is 12.4. The summed E-state index contributed by atoms with van der Waals surface area (Å²) >= 11 is 0. The van der Waals surface area contributed by atoms with Crippen LogP contribution in [0.2, 0.25) is 0 Å². The van der Waals surface area contributed by atoms with Gasteiger partial charge in [0.2, 0.25) is 5.79 Å². The van der Waals surface area contributed by atoms with Crippen LogP contribution in [-0.2, 0) is 28.8 Å². The van der Waals surface area contributed by atoms with Crippen molar-refractivity contribution in [1.29, 1.82) is 0 Å². The molecule has 0 N–H and O–H groups in total. The lowest BCUT2D eigenvalue weighted by Gasteiger charge is -2.60. The van der Waals surface area contributed by atoms with Crippen molar-refractivity contribution in [3.63, 3.8) is 0 Å². The maximum absolute atomic E-state index is 11.1. The first kappa shape index (κ1) is 18.8. The molecule has 5 rings (SSSR count). The summed E-state index contributed by atoms with van der Waals surface area (Å²) < 4.78 is 18.7. The van der Waals surface area contributed by atoms with E-state index in [0.717, 1.165) is 25.7 Å². The van der Waals surface area contributed by atoms with E-state index >= 15 is 0 Å². The third-order valence-corrected chi connectivity index (χ3v) is 7.05. The summed E-state index contributed by atoms with van der Waals surface area (Å²) in [6, 6.07) is 0. The van der Waals surface area contributed by atoms with E-state index in [1.807, 2.05) is 6.92 Å². The van der Waals surface area contributed by atoms with E-state index in [2.05, 4.69) is 13.8 Å². The van der Waals surface area contributed by atoms with E-state index in [1.165, 1.54) is 6.42 Å². The molecule has 26 heavy (non-hydrogen) atoms. The Balaban J connectivity index is 1.55. The van der Waals surface area contributed by atoms with E-state index in [0.29, 0.717) is 24.9 Å². The Morgan fingerprint density at radius 2 is 1.96 bits per heavy atom. The van der Waals surface area contributed by atoms with Crippen molar-refractivity contribution in [2.24, 2.45) is 23.7 Å². The van der Waals surface area contributed by atoms with Crippen molar-refractivity contribution in [2.75, 3.05) is 6.61 Å². The van der Waals surface area contributed by atoms with Crippen molar-refractivity contribution >= 4 is 5.78 Å². The number of ketones is 1. The molecule has 0 amide bonds. The molecule has 0 aromatic rings. The molecule has 2 bridgehead atoms. The smallest absolute Gasteiger partial charge is 0.201 e. The zero-order chi connectivity index (χ0) is 18.5. The van der Waals surface area contributed by atoms with Crippen LogP contribution >= 0.6 is 0 Å². The van der Waals surface area contributed by atoms with Gasteiger partial charge in [0.1, 0.15) is 5.78 Å². The molecule has 0 aromatic carbocycles. The normalized spacial score (nSPS) is 50.2. The Hall–Kier alpha value is -0.530. The number of ether oxygens (including phenoxy) is 3. The fourth-order valence-corrected chi connectivity index (χ4v) is 5.58. The first-order valence-corrected chi connectivity index (χ1v) is 10.2. The predicted molar refractivity (Wildman–Crippen MR) is 92.7 cm³/mol. The van der Waals surface area contributed by atoms with E-state index < -0.39 is 17.7 Å². The molecule has 6 nitrogen and oxygen atoms in total. The number of carbonyl (C=O) groups excluding carboxylic acids is 1. The van der Waals surface area contributed by atoms with Gasteiger partial charge in [-0.25, -0.2) is 9.78 Å². The number of hydrogen-bond acceptors (Lipinski definition) is 6. The molecule has 0 radical (unpaired) electrons. The average Bonchev–Trinajstić information content (AvgIpc) is 2.82. The maximum Gasteiger partial charge on any atom is 0.201 e. The summed E-state index contributed by atoms with van der Waals surface area (Å²) in [4.78, 5) is 23.1. The van der Waals surface area contributed by atoms with Crippen LogP contribution in [0.5, 0.6) is 0 Å². The Morgan fingerprint density at radius 1 is 1.15 bits per heavy atom. The van der Waals surface area contributed by atoms with E-state index in [1.54, 1.807) is 6.92 Å². The minimum absolute atomic E-state index is 0.188. The molecule has 6 heteroatoms. The molecule has 5 fully saturated rings. The molecule has 2 unspecified atom stereocenters. The standard InChI is InChI=1S/C20H32O6/c1-12-7-8-16-14(3)17(22-11-5-6-13(2)21)23-18-20(16)15(12)9-10-19(4,24-18)25-26-20/h12,14-18H,5-11H2,1-4H3/t12-,14-,15+,16+,17+,18-,19?,20?/m1/s1. The number of fused-ring (bicyclic) bond motifs is 2. The van der Waals surface area contributed by atoms with Crippen molar-refractivity contribution in [2.45, 2.75) is 90.2 Å². The first-order valence-electron chi connectivity index (χ1n) is 10.2.